The molecule has 1 rings (SSSR count). The summed E-state index contributed by atoms with van der Waals surface area (Å²) in [7, 11) is -8.37. The second-order valence-corrected chi connectivity index (χ2v) is 7.50. The number of hydrogen-bond acceptors (Lipinski definition) is 7. The lowest BCUT2D eigenvalue weighted by Crippen LogP contribution is -2.37. The fourth-order valence-corrected chi connectivity index (χ4v) is 3.52. The summed E-state index contributed by atoms with van der Waals surface area (Å²) in [6.45, 7) is -0.646. The Morgan fingerprint density at radius 3 is 2.74 bits per heavy atom. The molecule has 2 N–H and O–H groups in total. The topological polar surface area (TPSA) is 116 Å². The average Bonchev–Trinajstić information content (AvgIpc) is 2.65. The Balaban J connectivity index is 2.59. The fourth-order valence-electron chi connectivity index (χ4n) is 1.33. The van der Waals surface area contributed by atoms with Crippen LogP contribution in [-0.2, 0) is 23.7 Å². The number of hydrazine groups is 1. The molecule has 1 aliphatic rings. The van der Waals surface area contributed by atoms with Crippen LogP contribution >= 0.6 is 7.83 Å². The predicted molar refractivity (Wildman–Crippen MR) is 63.1 cm³/mol. The lowest BCUT2D eigenvalue weighted by atomic mass is 10.3. The molecule has 0 radical (unpaired) electrons. The molecule has 0 aromatic rings. The van der Waals surface area contributed by atoms with Gasteiger partial charge in [0.25, 0.3) is 0 Å². The third-order valence-corrected chi connectivity index (χ3v) is 5.07. The Morgan fingerprint density at radius 1 is 1.63 bits per heavy atom. The molecule has 1 amide bonds. The zero-order chi connectivity index (χ0) is 14.7. The van der Waals surface area contributed by atoms with Crippen molar-refractivity contribution in [2.45, 2.75) is 12.5 Å². The van der Waals surface area contributed by atoms with Gasteiger partial charge in [-0.1, -0.05) is 5.92 Å². The van der Waals surface area contributed by atoms with Gasteiger partial charge in [-0.3, -0.25) is 4.52 Å². The highest BCUT2D eigenvalue weighted by molar-refractivity contribution is 7.91. The standard InChI is InChI=1S/C8H12FN2O6PS/c1-2-4-16-18(9,13)11(10)8(12)17-7-3-5-19(14,15)6-7/h1,7H,3-6,10H2. The van der Waals surface area contributed by atoms with Crippen molar-refractivity contribution in [3.63, 3.8) is 0 Å². The number of nitrogens with zero attached hydrogens (tertiary/aromatic N) is 1. The highest BCUT2D eigenvalue weighted by Crippen LogP contribution is 2.50. The van der Waals surface area contributed by atoms with Crippen molar-refractivity contribution >= 4 is 23.8 Å². The van der Waals surface area contributed by atoms with E-state index in [1.54, 1.807) is 0 Å². The third kappa shape index (κ3) is 4.47. The Hall–Kier alpha value is -1.14. The first-order valence-electron chi connectivity index (χ1n) is 5.02. The Labute approximate surface area is 109 Å². The van der Waals surface area contributed by atoms with Crippen LogP contribution in [-0.4, -0.2) is 43.5 Å². The number of ether oxygens (including phenoxy) is 1. The van der Waals surface area contributed by atoms with Gasteiger partial charge in [0, 0.05) is 0 Å². The monoisotopic (exact) mass is 314 g/mol. The SMILES string of the molecule is C#CCOP(=O)(F)N(N)C(=O)OC1CCS(=O)(=O)C1. The van der Waals surface area contributed by atoms with Gasteiger partial charge in [0.05, 0.1) is 11.5 Å². The van der Waals surface area contributed by atoms with Crippen molar-refractivity contribution in [2.24, 2.45) is 5.84 Å². The van der Waals surface area contributed by atoms with E-state index in [0.29, 0.717) is 0 Å². The number of nitrogens with two attached hydrogens (primary N) is 1. The molecule has 1 heterocycles. The highest BCUT2D eigenvalue weighted by atomic mass is 32.2. The maximum Gasteiger partial charge on any atom is 0.493 e. The number of rotatable bonds is 4. The van der Waals surface area contributed by atoms with Crippen LogP contribution in [0.4, 0.5) is 8.99 Å². The van der Waals surface area contributed by atoms with E-state index < -0.39 is 36.5 Å². The first kappa shape index (κ1) is 15.9. The van der Waals surface area contributed by atoms with E-state index in [1.807, 2.05) is 5.92 Å². The fraction of sp³-hybridized carbons (Fsp3) is 0.625. The lowest BCUT2D eigenvalue weighted by molar-refractivity contribution is 0.0854. The van der Waals surface area contributed by atoms with Gasteiger partial charge in [0.1, 0.15) is 12.7 Å². The molecule has 1 saturated heterocycles. The lowest BCUT2D eigenvalue weighted by Gasteiger charge is -2.20. The zero-order valence-corrected chi connectivity index (χ0v) is 11.4. The van der Waals surface area contributed by atoms with Crippen LogP contribution in [0.1, 0.15) is 6.42 Å². The summed E-state index contributed by atoms with van der Waals surface area (Å²) in [6, 6.07) is 0. The molecule has 11 heteroatoms. The van der Waals surface area contributed by atoms with Crippen LogP contribution in [0.2, 0.25) is 0 Å². The van der Waals surface area contributed by atoms with Crippen molar-refractivity contribution in [1.82, 2.24) is 4.78 Å². The summed E-state index contributed by atoms with van der Waals surface area (Å²) in [5.41, 5.74) is 0. The van der Waals surface area contributed by atoms with Gasteiger partial charge < -0.3 is 4.74 Å². The van der Waals surface area contributed by atoms with Crippen molar-refractivity contribution in [1.29, 1.82) is 0 Å². The minimum Gasteiger partial charge on any atom is -0.444 e. The summed E-state index contributed by atoms with van der Waals surface area (Å²) < 4.78 is 55.2. The molecule has 1 fully saturated rings. The Bertz CT molecular complexity index is 544. The molecule has 0 aromatic carbocycles. The minimum absolute atomic E-state index is 0.0731. The second kappa shape index (κ2) is 5.88. The third-order valence-electron chi connectivity index (χ3n) is 2.21. The van der Waals surface area contributed by atoms with Gasteiger partial charge in [-0.05, 0) is 6.42 Å². The van der Waals surface area contributed by atoms with Crippen molar-refractivity contribution in [2.75, 3.05) is 18.1 Å². The number of carbonyl (C=O) groups excluding carboxylic acids is 1. The molecule has 2 atom stereocenters. The molecule has 8 nitrogen and oxygen atoms in total. The maximum absolute atomic E-state index is 13.4. The van der Waals surface area contributed by atoms with Gasteiger partial charge >= 0.3 is 13.9 Å². The minimum atomic E-state index is -5.10. The number of amides is 1. The number of hydrogen-bond donors (Lipinski definition) is 1. The van der Waals surface area contributed by atoms with E-state index in [2.05, 4.69) is 9.26 Å². The maximum atomic E-state index is 13.4. The van der Waals surface area contributed by atoms with E-state index in [1.165, 1.54) is 0 Å². The first-order chi connectivity index (χ1) is 8.68. The first-order valence-corrected chi connectivity index (χ1v) is 8.31. The number of sulfone groups is 1. The quantitative estimate of drug-likeness (QED) is 0.259. The molecule has 0 saturated carbocycles. The predicted octanol–water partition coefficient (Wildman–Crippen LogP) is 0.213. The van der Waals surface area contributed by atoms with Crippen LogP contribution in [0.15, 0.2) is 0 Å². The van der Waals surface area contributed by atoms with Gasteiger partial charge in [0.2, 0.25) is 0 Å². The van der Waals surface area contributed by atoms with Crippen molar-refractivity contribution < 1.29 is 31.2 Å². The van der Waals surface area contributed by atoms with Crippen LogP contribution in [0.5, 0.6) is 0 Å². The molecule has 2 unspecified atom stereocenters. The van der Waals surface area contributed by atoms with Crippen molar-refractivity contribution in [3.05, 3.63) is 0 Å². The van der Waals surface area contributed by atoms with Gasteiger partial charge in [-0.15, -0.1) is 15.4 Å². The summed E-state index contributed by atoms with van der Waals surface area (Å²) in [5, 5.41) is 0. The Kier molecular flexibility index (Phi) is 4.92. The van der Waals surface area contributed by atoms with Crippen LogP contribution in [0.25, 0.3) is 0 Å². The summed E-state index contributed by atoms with van der Waals surface area (Å²) in [4.78, 5) is 11.4. The number of terminal acetylenes is 1. The van der Waals surface area contributed by atoms with Crippen LogP contribution < -0.4 is 5.84 Å². The molecule has 0 spiro atoms. The normalized spacial score (nSPS) is 24.2. The largest absolute Gasteiger partial charge is 0.493 e. The van der Waals surface area contributed by atoms with Gasteiger partial charge in [0.15, 0.2) is 9.84 Å². The second-order valence-electron chi connectivity index (χ2n) is 3.68. The molecule has 1 aliphatic heterocycles. The number of halogens is 1. The van der Waals surface area contributed by atoms with E-state index >= 15 is 0 Å². The summed E-state index contributed by atoms with van der Waals surface area (Å²) >= 11 is 0. The molecule has 0 aliphatic carbocycles. The molecule has 0 aromatic heterocycles. The molecule has 108 valence electrons. The Morgan fingerprint density at radius 2 is 2.26 bits per heavy atom. The smallest absolute Gasteiger partial charge is 0.444 e. The summed E-state index contributed by atoms with van der Waals surface area (Å²) in [6.07, 6.45) is 2.41. The zero-order valence-electron chi connectivity index (χ0n) is 9.69. The van der Waals surface area contributed by atoms with Crippen LogP contribution in [0.3, 0.4) is 0 Å². The van der Waals surface area contributed by atoms with E-state index in [0.717, 1.165) is 0 Å². The van der Waals surface area contributed by atoms with Gasteiger partial charge in [-0.2, -0.15) is 0 Å². The van der Waals surface area contributed by atoms with E-state index in [4.69, 9.17) is 12.3 Å². The highest BCUT2D eigenvalue weighted by Gasteiger charge is 2.38. The van der Waals surface area contributed by atoms with Crippen molar-refractivity contribution in [3.8, 4) is 12.3 Å². The average molecular weight is 314 g/mol. The van der Waals surface area contributed by atoms with E-state index in [9.17, 15) is 22.0 Å². The molecular formula is C8H12FN2O6PS. The summed E-state index contributed by atoms with van der Waals surface area (Å²) in [5.74, 6) is 6.29. The molecular weight excluding hydrogens is 302 g/mol. The van der Waals surface area contributed by atoms with Crippen LogP contribution in [0, 0.1) is 12.3 Å². The molecule has 19 heavy (non-hydrogen) atoms. The number of carbonyl (C=O) groups is 1. The van der Waals surface area contributed by atoms with Gasteiger partial charge in [-0.25, -0.2) is 23.6 Å². The van der Waals surface area contributed by atoms with E-state index in [-0.39, 0.29) is 22.7 Å². The molecule has 0 bridgehead atoms.